The van der Waals surface area contributed by atoms with Gasteiger partial charge in [-0.1, -0.05) is 54.8 Å². The largest absolute Gasteiger partial charge is 0.381 e. The zero-order chi connectivity index (χ0) is 17.6. The van der Waals surface area contributed by atoms with Gasteiger partial charge < -0.3 is 9.64 Å². The third-order valence-electron chi connectivity index (χ3n) is 5.45. The molecule has 1 aliphatic rings. The lowest BCUT2D eigenvalue weighted by Crippen LogP contribution is -2.51. The number of carbonyl (C=O) groups is 1. The number of halogens is 1. The Bertz CT molecular complexity index is 519. The van der Waals surface area contributed by atoms with Crippen molar-refractivity contribution in [2.45, 2.75) is 51.9 Å². The Balaban J connectivity index is 2.31. The summed E-state index contributed by atoms with van der Waals surface area (Å²) in [5, 5.41) is 0. The highest BCUT2D eigenvalue weighted by atomic mass is 79.9. The van der Waals surface area contributed by atoms with Gasteiger partial charge in [-0.2, -0.15) is 0 Å². The van der Waals surface area contributed by atoms with Crippen LogP contribution in [0.1, 0.15) is 52.0 Å². The van der Waals surface area contributed by atoms with Crippen molar-refractivity contribution >= 4 is 21.8 Å². The van der Waals surface area contributed by atoms with Crippen molar-refractivity contribution < 1.29 is 9.53 Å². The predicted molar refractivity (Wildman–Crippen MR) is 102 cm³/mol. The van der Waals surface area contributed by atoms with Gasteiger partial charge in [0, 0.05) is 30.8 Å². The monoisotopic (exact) mass is 395 g/mol. The van der Waals surface area contributed by atoms with Crippen LogP contribution in [0, 0.1) is 5.92 Å². The van der Waals surface area contributed by atoms with E-state index in [-0.39, 0.29) is 5.91 Å². The number of ether oxygens (including phenoxy) is 1. The van der Waals surface area contributed by atoms with Crippen molar-refractivity contribution in [3.8, 4) is 0 Å². The molecule has 1 aromatic rings. The van der Waals surface area contributed by atoms with Crippen LogP contribution in [-0.2, 0) is 14.9 Å². The molecular formula is C20H30BrNO2. The minimum atomic E-state index is -0.430. The molecule has 24 heavy (non-hydrogen) atoms. The van der Waals surface area contributed by atoms with Crippen LogP contribution in [-0.4, -0.2) is 37.1 Å². The average Bonchev–Trinajstić information content (AvgIpc) is 2.63. The van der Waals surface area contributed by atoms with Gasteiger partial charge in [0.2, 0.25) is 5.91 Å². The third kappa shape index (κ3) is 4.20. The van der Waals surface area contributed by atoms with E-state index in [0.717, 1.165) is 48.8 Å². The first kappa shape index (κ1) is 19.5. The van der Waals surface area contributed by atoms with E-state index in [9.17, 15) is 4.79 Å². The van der Waals surface area contributed by atoms with Gasteiger partial charge in [-0.3, -0.25) is 4.79 Å². The van der Waals surface area contributed by atoms with E-state index in [2.05, 4.69) is 53.7 Å². The molecule has 3 nitrogen and oxygen atoms in total. The van der Waals surface area contributed by atoms with E-state index in [1.807, 2.05) is 12.1 Å². The van der Waals surface area contributed by atoms with Gasteiger partial charge in [0.1, 0.15) is 0 Å². The minimum Gasteiger partial charge on any atom is -0.381 e. The molecule has 0 N–H and O–H groups in total. The lowest BCUT2D eigenvalue weighted by molar-refractivity contribution is -0.141. The maximum Gasteiger partial charge on any atom is 0.233 e. The number of nitrogens with zero attached hydrogens (tertiary/aromatic N) is 1. The first-order chi connectivity index (χ1) is 11.6. The molecule has 0 saturated carbocycles. The molecule has 1 aliphatic heterocycles. The topological polar surface area (TPSA) is 29.5 Å². The second kappa shape index (κ2) is 9.00. The molecule has 0 aliphatic carbocycles. The molecule has 0 unspecified atom stereocenters. The summed E-state index contributed by atoms with van der Waals surface area (Å²) in [4.78, 5) is 15.6. The van der Waals surface area contributed by atoms with Crippen molar-refractivity contribution in [3.63, 3.8) is 0 Å². The van der Waals surface area contributed by atoms with E-state index in [4.69, 9.17) is 4.74 Å². The van der Waals surface area contributed by atoms with E-state index in [1.165, 1.54) is 0 Å². The smallest absolute Gasteiger partial charge is 0.233 e. The molecule has 1 heterocycles. The van der Waals surface area contributed by atoms with E-state index in [0.29, 0.717) is 19.1 Å². The molecule has 1 amide bonds. The molecule has 0 radical (unpaired) electrons. The lowest BCUT2D eigenvalue weighted by atomic mass is 9.73. The zero-order valence-electron chi connectivity index (χ0n) is 15.2. The Morgan fingerprint density at radius 2 is 1.75 bits per heavy atom. The first-order valence-electron chi connectivity index (χ1n) is 9.20. The Labute approximate surface area is 154 Å². The van der Waals surface area contributed by atoms with Crippen LogP contribution in [0.2, 0.25) is 0 Å². The number of likely N-dealkylation sites (N-methyl/N-ethyl adjacent to an activating group) is 1. The molecule has 0 aromatic heterocycles. The molecule has 0 atom stereocenters. The number of benzene rings is 1. The van der Waals surface area contributed by atoms with Crippen LogP contribution in [0.5, 0.6) is 0 Å². The Morgan fingerprint density at radius 3 is 2.25 bits per heavy atom. The van der Waals surface area contributed by atoms with Gasteiger partial charge in [-0.15, -0.1) is 0 Å². The number of carbonyl (C=O) groups excluding carboxylic acids is 1. The van der Waals surface area contributed by atoms with Crippen molar-refractivity contribution in [2.24, 2.45) is 5.92 Å². The van der Waals surface area contributed by atoms with Crippen molar-refractivity contribution in [1.29, 1.82) is 0 Å². The fourth-order valence-corrected chi connectivity index (χ4v) is 3.90. The summed E-state index contributed by atoms with van der Waals surface area (Å²) >= 11 is 3.50. The molecule has 1 saturated heterocycles. The van der Waals surface area contributed by atoms with Crippen LogP contribution in [0.4, 0.5) is 0 Å². The molecule has 2 rings (SSSR count). The predicted octanol–water partition coefficient (Wildman–Crippen LogP) is 4.78. The molecule has 0 spiro atoms. The van der Waals surface area contributed by atoms with Gasteiger partial charge in [-0.05, 0) is 43.4 Å². The third-order valence-corrected chi connectivity index (χ3v) is 5.98. The number of hydrogen-bond acceptors (Lipinski definition) is 2. The summed E-state index contributed by atoms with van der Waals surface area (Å²) < 4.78 is 6.62. The van der Waals surface area contributed by atoms with Crippen molar-refractivity contribution in [1.82, 2.24) is 4.90 Å². The van der Waals surface area contributed by atoms with Crippen LogP contribution in [0.15, 0.2) is 28.7 Å². The second-order valence-corrected chi connectivity index (χ2v) is 7.64. The van der Waals surface area contributed by atoms with Crippen LogP contribution < -0.4 is 0 Å². The number of hydrogen-bond donors (Lipinski definition) is 0. The molecular weight excluding hydrogens is 366 g/mol. The second-order valence-electron chi connectivity index (χ2n) is 6.73. The molecule has 0 bridgehead atoms. The zero-order valence-corrected chi connectivity index (χ0v) is 16.8. The average molecular weight is 396 g/mol. The lowest BCUT2D eigenvalue weighted by Gasteiger charge is -2.40. The number of rotatable bonds is 7. The van der Waals surface area contributed by atoms with Gasteiger partial charge in [0.15, 0.2) is 0 Å². The summed E-state index contributed by atoms with van der Waals surface area (Å²) in [7, 11) is 0. The maximum atomic E-state index is 13.6. The Hall–Kier alpha value is -0.870. The van der Waals surface area contributed by atoms with Crippen LogP contribution in [0.25, 0.3) is 0 Å². The van der Waals surface area contributed by atoms with Gasteiger partial charge in [-0.25, -0.2) is 0 Å². The highest BCUT2D eigenvalue weighted by molar-refractivity contribution is 9.10. The molecule has 134 valence electrons. The first-order valence-corrected chi connectivity index (χ1v) is 9.99. The maximum absolute atomic E-state index is 13.6. The normalized spacial score (nSPS) is 17.0. The SMILES string of the molecule is CCC(CC)CN(CC)C(=O)C1(c2ccc(Br)cc2)CCOCC1. The van der Waals surface area contributed by atoms with Crippen molar-refractivity contribution in [3.05, 3.63) is 34.3 Å². The van der Waals surface area contributed by atoms with E-state index >= 15 is 0 Å². The Morgan fingerprint density at radius 1 is 1.17 bits per heavy atom. The van der Waals surface area contributed by atoms with Gasteiger partial charge in [0.25, 0.3) is 0 Å². The fraction of sp³-hybridized carbons (Fsp3) is 0.650. The van der Waals surface area contributed by atoms with Crippen molar-refractivity contribution in [2.75, 3.05) is 26.3 Å². The highest BCUT2D eigenvalue weighted by Gasteiger charge is 2.43. The summed E-state index contributed by atoms with van der Waals surface area (Å²) in [6, 6.07) is 8.27. The summed E-state index contributed by atoms with van der Waals surface area (Å²) in [6.45, 7) is 9.47. The van der Waals surface area contributed by atoms with Crippen LogP contribution in [0.3, 0.4) is 0 Å². The number of amides is 1. The van der Waals surface area contributed by atoms with E-state index < -0.39 is 5.41 Å². The molecule has 4 heteroatoms. The summed E-state index contributed by atoms with van der Waals surface area (Å²) in [6.07, 6.45) is 3.78. The summed E-state index contributed by atoms with van der Waals surface area (Å²) in [5.74, 6) is 0.859. The van der Waals surface area contributed by atoms with Crippen LogP contribution >= 0.6 is 15.9 Å². The minimum absolute atomic E-state index is 0.280. The standard InChI is InChI=1S/C20H30BrNO2/c1-4-16(5-2)15-22(6-3)19(23)20(11-13-24-14-12-20)17-7-9-18(21)10-8-17/h7-10,16H,4-6,11-15H2,1-3H3. The molecule has 1 aromatic carbocycles. The molecule has 1 fully saturated rings. The summed E-state index contributed by atoms with van der Waals surface area (Å²) in [5.41, 5.74) is 0.697. The Kier molecular flexibility index (Phi) is 7.30. The highest BCUT2D eigenvalue weighted by Crippen LogP contribution is 2.37. The van der Waals surface area contributed by atoms with Gasteiger partial charge in [0.05, 0.1) is 5.41 Å². The quantitative estimate of drug-likeness (QED) is 0.664. The van der Waals surface area contributed by atoms with Gasteiger partial charge >= 0.3 is 0 Å². The van der Waals surface area contributed by atoms with E-state index in [1.54, 1.807) is 0 Å². The fourth-order valence-electron chi connectivity index (χ4n) is 3.63.